The van der Waals surface area contributed by atoms with Gasteiger partial charge in [0.1, 0.15) is 6.61 Å². The molecule has 0 aliphatic rings. The molecule has 116 valence electrons. The van der Waals surface area contributed by atoms with E-state index >= 15 is 0 Å². The molecule has 6 heteroatoms. The molecule has 0 aliphatic heterocycles. The fourth-order valence-electron chi connectivity index (χ4n) is 1.91. The maximum Gasteiger partial charge on any atom is 0.338 e. The van der Waals surface area contributed by atoms with E-state index in [1.54, 1.807) is 37.3 Å². The van der Waals surface area contributed by atoms with Crippen molar-refractivity contribution in [1.29, 1.82) is 0 Å². The Morgan fingerprint density at radius 1 is 1.18 bits per heavy atom. The molecule has 0 saturated heterocycles. The molecule has 2 rings (SSSR count). The molecule has 0 aliphatic carbocycles. The third-order valence-electron chi connectivity index (χ3n) is 3.12. The zero-order valence-electron chi connectivity index (χ0n) is 12.2. The van der Waals surface area contributed by atoms with Gasteiger partial charge in [0.05, 0.1) is 10.5 Å². The van der Waals surface area contributed by atoms with Crippen LogP contribution in [0.3, 0.4) is 0 Å². The smallest absolute Gasteiger partial charge is 0.338 e. The number of hydrogen-bond acceptors (Lipinski definition) is 4. The number of aryl methyl sites for hydroxylation is 1. The molecule has 0 heterocycles. The van der Waals surface area contributed by atoms with Crippen molar-refractivity contribution >= 4 is 27.4 Å². The molecular weight excluding hydrogens is 324 g/mol. The Kier molecular flexibility index (Phi) is 4.88. The minimum absolute atomic E-state index is 0.0714. The molecule has 0 bridgehead atoms. The zero-order valence-corrected chi connectivity index (χ0v) is 13.7. The maximum atomic E-state index is 12.2. The lowest BCUT2D eigenvalue weighted by atomic mass is 10.1. The van der Waals surface area contributed by atoms with Gasteiger partial charge in [-0.05, 0) is 42.3 Å². The predicted molar refractivity (Wildman–Crippen MR) is 84.9 cm³/mol. The number of ether oxygens (including phenoxy) is 1. The summed E-state index contributed by atoms with van der Waals surface area (Å²) in [6, 6.07) is 11.4. The van der Waals surface area contributed by atoms with Crippen LogP contribution in [0.5, 0.6) is 0 Å². The number of halogens is 1. The molecule has 0 N–H and O–H groups in total. The van der Waals surface area contributed by atoms with E-state index in [1.807, 2.05) is 0 Å². The van der Waals surface area contributed by atoms with Gasteiger partial charge in [0.2, 0.25) is 0 Å². The summed E-state index contributed by atoms with van der Waals surface area (Å²) in [5.41, 5.74) is 1.66. The monoisotopic (exact) mass is 338 g/mol. The molecule has 4 nitrogen and oxygen atoms in total. The van der Waals surface area contributed by atoms with E-state index < -0.39 is 15.8 Å². The second-order valence-corrected chi connectivity index (χ2v) is 7.41. The van der Waals surface area contributed by atoms with Crippen LogP contribution in [-0.4, -0.2) is 20.6 Å². The first-order valence-corrected chi connectivity index (χ1v) is 8.76. The third-order valence-corrected chi connectivity index (χ3v) is 4.46. The Morgan fingerprint density at radius 3 is 2.55 bits per heavy atom. The van der Waals surface area contributed by atoms with Crippen LogP contribution in [0.15, 0.2) is 47.4 Å². The number of benzene rings is 2. The van der Waals surface area contributed by atoms with Crippen molar-refractivity contribution in [2.75, 3.05) is 6.26 Å². The molecule has 22 heavy (non-hydrogen) atoms. The summed E-state index contributed by atoms with van der Waals surface area (Å²) < 4.78 is 28.4. The molecule has 0 aromatic heterocycles. The highest BCUT2D eigenvalue weighted by molar-refractivity contribution is 7.90. The first-order chi connectivity index (χ1) is 10.3. The minimum atomic E-state index is -3.37. The van der Waals surface area contributed by atoms with Gasteiger partial charge < -0.3 is 4.74 Å². The van der Waals surface area contributed by atoms with Crippen LogP contribution in [0.25, 0.3) is 0 Å². The molecule has 0 unspecified atom stereocenters. The van der Waals surface area contributed by atoms with Crippen molar-refractivity contribution in [1.82, 2.24) is 0 Å². The fourth-order valence-corrected chi connectivity index (χ4v) is 2.77. The van der Waals surface area contributed by atoms with Crippen molar-refractivity contribution in [2.24, 2.45) is 0 Å². The summed E-state index contributed by atoms with van der Waals surface area (Å²) in [7, 11) is -3.37. The van der Waals surface area contributed by atoms with Gasteiger partial charge in [0.25, 0.3) is 0 Å². The fraction of sp³-hybridized carbons (Fsp3) is 0.188. The molecule has 2 aromatic rings. The lowest BCUT2D eigenvalue weighted by Gasteiger charge is -2.09. The molecule has 0 radical (unpaired) electrons. The normalized spacial score (nSPS) is 11.2. The van der Waals surface area contributed by atoms with E-state index in [0.717, 1.165) is 11.8 Å². The Morgan fingerprint density at radius 2 is 1.91 bits per heavy atom. The van der Waals surface area contributed by atoms with E-state index in [-0.39, 0.29) is 17.1 Å². The molecule has 0 amide bonds. The highest BCUT2D eigenvalue weighted by Crippen LogP contribution is 2.18. The number of sulfone groups is 1. The first-order valence-electron chi connectivity index (χ1n) is 6.49. The second-order valence-electron chi connectivity index (χ2n) is 4.95. The molecule has 0 spiro atoms. The van der Waals surface area contributed by atoms with E-state index in [1.165, 1.54) is 12.1 Å². The lowest BCUT2D eigenvalue weighted by Crippen LogP contribution is -2.09. The number of esters is 1. The quantitative estimate of drug-likeness (QED) is 0.801. The van der Waals surface area contributed by atoms with E-state index in [2.05, 4.69) is 0 Å². The second kappa shape index (κ2) is 6.50. The summed E-state index contributed by atoms with van der Waals surface area (Å²) in [6.07, 6.45) is 1.10. The third kappa shape index (κ3) is 4.08. The summed E-state index contributed by atoms with van der Waals surface area (Å²) in [5.74, 6) is -0.567. The number of carbonyl (C=O) groups excluding carboxylic acids is 1. The summed E-state index contributed by atoms with van der Waals surface area (Å²) in [4.78, 5) is 12.2. The molecule has 0 fully saturated rings. The molecule has 0 atom stereocenters. The predicted octanol–water partition coefficient (Wildman–Crippen LogP) is 3.41. The molecule has 0 saturated carbocycles. The van der Waals surface area contributed by atoms with Crippen LogP contribution in [0.1, 0.15) is 21.5 Å². The SMILES string of the molecule is Cc1ccc(S(C)(=O)=O)cc1C(=O)OCc1cccc(Cl)c1. The Labute approximate surface area is 134 Å². The minimum Gasteiger partial charge on any atom is -0.457 e. The van der Waals surface area contributed by atoms with Gasteiger partial charge in [-0.1, -0.05) is 29.8 Å². The Hall–Kier alpha value is -1.85. The number of rotatable bonds is 4. The van der Waals surface area contributed by atoms with Gasteiger partial charge in [0, 0.05) is 11.3 Å². The zero-order chi connectivity index (χ0) is 16.3. The van der Waals surface area contributed by atoms with Gasteiger partial charge in [0.15, 0.2) is 9.84 Å². The van der Waals surface area contributed by atoms with Crippen molar-refractivity contribution in [2.45, 2.75) is 18.4 Å². The lowest BCUT2D eigenvalue weighted by molar-refractivity contribution is 0.0471. The van der Waals surface area contributed by atoms with E-state index in [4.69, 9.17) is 16.3 Å². The number of carbonyl (C=O) groups is 1. The van der Waals surface area contributed by atoms with Crippen LogP contribution in [-0.2, 0) is 21.2 Å². The van der Waals surface area contributed by atoms with Gasteiger partial charge in [-0.3, -0.25) is 0 Å². The highest BCUT2D eigenvalue weighted by atomic mass is 35.5. The van der Waals surface area contributed by atoms with E-state index in [9.17, 15) is 13.2 Å². The van der Waals surface area contributed by atoms with Crippen molar-refractivity contribution in [3.8, 4) is 0 Å². The van der Waals surface area contributed by atoms with Gasteiger partial charge in [-0.15, -0.1) is 0 Å². The molecule has 2 aromatic carbocycles. The van der Waals surface area contributed by atoms with Gasteiger partial charge >= 0.3 is 5.97 Å². The summed E-state index contributed by atoms with van der Waals surface area (Å²) in [6.45, 7) is 1.80. The summed E-state index contributed by atoms with van der Waals surface area (Å²) in [5, 5.41) is 0.559. The Bertz CT molecular complexity index is 813. The van der Waals surface area contributed by atoms with Crippen LogP contribution >= 0.6 is 11.6 Å². The number of hydrogen-bond donors (Lipinski definition) is 0. The van der Waals surface area contributed by atoms with Crippen molar-refractivity contribution in [3.05, 3.63) is 64.2 Å². The average Bonchev–Trinajstić information content (AvgIpc) is 2.44. The van der Waals surface area contributed by atoms with Crippen molar-refractivity contribution in [3.63, 3.8) is 0 Å². The van der Waals surface area contributed by atoms with E-state index in [0.29, 0.717) is 10.6 Å². The van der Waals surface area contributed by atoms with Crippen LogP contribution < -0.4 is 0 Å². The average molecular weight is 339 g/mol. The van der Waals surface area contributed by atoms with Gasteiger partial charge in [-0.2, -0.15) is 0 Å². The van der Waals surface area contributed by atoms with Crippen molar-refractivity contribution < 1.29 is 17.9 Å². The van der Waals surface area contributed by atoms with Crippen LogP contribution in [0.4, 0.5) is 0 Å². The van der Waals surface area contributed by atoms with Gasteiger partial charge in [-0.25, -0.2) is 13.2 Å². The first kappa shape index (κ1) is 16.5. The maximum absolute atomic E-state index is 12.2. The van der Waals surface area contributed by atoms with Crippen LogP contribution in [0, 0.1) is 6.92 Å². The summed E-state index contributed by atoms with van der Waals surface area (Å²) >= 11 is 5.87. The van der Waals surface area contributed by atoms with Crippen LogP contribution in [0.2, 0.25) is 5.02 Å². The Balaban J connectivity index is 2.19. The highest BCUT2D eigenvalue weighted by Gasteiger charge is 2.15. The topological polar surface area (TPSA) is 60.4 Å². The molecular formula is C16H15ClO4S. The standard InChI is InChI=1S/C16H15ClO4S/c1-11-6-7-14(22(2,19)20)9-15(11)16(18)21-10-12-4-3-5-13(17)8-12/h3-9H,10H2,1-2H3. The largest absolute Gasteiger partial charge is 0.457 e.